The van der Waals surface area contributed by atoms with Gasteiger partial charge >= 0.3 is 0 Å². The number of hydrogen-bond acceptors (Lipinski definition) is 4. The maximum Gasteiger partial charge on any atom is 0.251 e. The van der Waals surface area contributed by atoms with Crippen LogP contribution in [0.2, 0.25) is 0 Å². The van der Waals surface area contributed by atoms with E-state index >= 15 is 0 Å². The summed E-state index contributed by atoms with van der Waals surface area (Å²) in [4.78, 5) is 16.5. The second-order valence-electron chi connectivity index (χ2n) is 5.56. The van der Waals surface area contributed by atoms with Gasteiger partial charge in [0.15, 0.2) is 0 Å². The van der Waals surface area contributed by atoms with Gasteiger partial charge in [0.25, 0.3) is 5.91 Å². The van der Waals surface area contributed by atoms with Gasteiger partial charge in [-0.05, 0) is 38.9 Å². The molecule has 0 aromatic carbocycles. The van der Waals surface area contributed by atoms with Crippen molar-refractivity contribution in [3.8, 4) is 0 Å². The normalized spacial score (nSPS) is 22.7. The summed E-state index contributed by atoms with van der Waals surface area (Å²) in [6.45, 7) is 9.53. The largest absolute Gasteiger partial charge is 0.299 e. The Morgan fingerprint density at radius 2 is 2.22 bits per heavy atom. The quantitative estimate of drug-likeness (QED) is 0.411. The maximum absolute atomic E-state index is 11.8. The van der Waals surface area contributed by atoms with Crippen LogP contribution in [0.15, 0.2) is 0 Å². The van der Waals surface area contributed by atoms with Crippen molar-refractivity contribution < 1.29 is 4.79 Å². The molecule has 0 aromatic heterocycles. The first-order valence-corrected chi connectivity index (χ1v) is 6.96. The van der Waals surface area contributed by atoms with Crippen LogP contribution in [0.25, 0.3) is 0 Å². The van der Waals surface area contributed by atoms with E-state index in [1.807, 2.05) is 7.05 Å². The van der Waals surface area contributed by atoms with Gasteiger partial charge in [0.2, 0.25) is 0 Å². The van der Waals surface area contributed by atoms with Gasteiger partial charge in [-0.25, -0.2) is 5.84 Å². The number of nitrogens with one attached hydrogen (secondary N) is 1. The molecule has 0 aromatic rings. The molecule has 18 heavy (non-hydrogen) atoms. The lowest BCUT2D eigenvalue weighted by atomic mass is 10.0. The van der Waals surface area contributed by atoms with Gasteiger partial charge in [0.05, 0.1) is 6.04 Å². The summed E-state index contributed by atoms with van der Waals surface area (Å²) in [7, 11) is 2.02. The highest BCUT2D eigenvalue weighted by molar-refractivity contribution is 5.81. The Hall–Kier alpha value is -0.650. The monoisotopic (exact) mass is 256 g/mol. The summed E-state index contributed by atoms with van der Waals surface area (Å²) in [6.07, 6.45) is 2.50. The molecule has 0 saturated carbocycles. The van der Waals surface area contributed by atoms with Crippen molar-refractivity contribution in [2.45, 2.75) is 45.7 Å². The Labute approximate surface area is 111 Å². The van der Waals surface area contributed by atoms with Crippen molar-refractivity contribution in [2.75, 3.05) is 26.7 Å². The van der Waals surface area contributed by atoms with E-state index in [0.717, 1.165) is 13.1 Å². The molecule has 5 heteroatoms. The van der Waals surface area contributed by atoms with E-state index in [1.165, 1.54) is 19.4 Å². The van der Waals surface area contributed by atoms with Crippen LogP contribution < -0.4 is 11.3 Å². The van der Waals surface area contributed by atoms with Crippen molar-refractivity contribution in [3.63, 3.8) is 0 Å². The first-order chi connectivity index (χ1) is 8.51. The molecule has 2 unspecified atom stereocenters. The third-order valence-electron chi connectivity index (χ3n) is 3.92. The molecule has 1 heterocycles. The Bertz CT molecular complexity index is 270. The minimum absolute atomic E-state index is 0.0893. The molecule has 1 aliphatic heterocycles. The topological polar surface area (TPSA) is 61.6 Å². The third kappa shape index (κ3) is 3.67. The number of rotatable bonds is 6. The number of likely N-dealkylation sites (N-methyl/N-ethyl adjacent to an activating group) is 2. The predicted octanol–water partition coefficient (Wildman–Crippen LogP) is 0.417. The highest BCUT2D eigenvalue weighted by Gasteiger charge is 2.30. The van der Waals surface area contributed by atoms with E-state index in [1.54, 1.807) is 0 Å². The lowest BCUT2D eigenvalue weighted by Gasteiger charge is -2.34. The van der Waals surface area contributed by atoms with Gasteiger partial charge in [-0.1, -0.05) is 20.8 Å². The smallest absolute Gasteiger partial charge is 0.251 e. The number of nitrogens with two attached hydrogens (primary N) is 1. The molecule has 1 amide bonds. The summed E-state index contributed by atoms with van der Waals surface area (Å²) in [6, 6.07) is 0.432. The number of hydrogen-bond donors (Lipinski definition) is 2. The summed E-state index contributed by atoms with van der Waals surface area (Å²) in [5.41, 5.74) is 2.28. The SMILES string of the molecule is CCN1CCCC1CN(C)C(C(=O)NN)C(C)C. The second kappa shape index (κ2) is 7.07. The van der Waals surface area contributed by atoms with Crippen molar-refractivity contribution in [3.05, 3.63) is 0 Å². The number of carbonyl (C=O) groups excluding carboxylic acids is 1. The molecule has 3 N–H and O–H groups in total. The van der Waals surface area contributed by atoms with Crippen molar-refractivity contribution in [2.24, 2.45) is 11.8 Å². The van der Waals surface area contributed by atoms with E-state index in [2.05, 4.69) is 36.0 Å². The summed E-state index contributed by atoms with van der Waals surface area (Å²) in [5, 5.41) is 0. The fraction of sp³-hybridized carbons (Fsp3) is 0.923. The van der Waals surface area contributed by atoms with E-state index in [0.29, 0.717) is 6.04 Å². The van der Waals surface area contributed by atoms with E-state index in [-0.39, 0.29) is 17.9 Å². The Balaban J connectivity index is 2.61. The van der Waals surface area contributed by atoms with Gasteiger partial charge in [-0.2, -0.15) is 0 Å². The highest BCUT2D eigenvalue weighted by atomic mass is 16.2. The Kier molecular flexibility index (Phi) is 6.05. The molecule has 2 atom stereocenters. The van der Waals surface area contributed by atoms with Crippen LogP contribution in [0, 0.1) is 5.92 Å². The number of likely N-dealkylation sites (tertiary alicyclic amines) is 1. The summed E-state index contributed by atoms with van der Waals surface area (Å²) >= 11 is 0. The summed E-state index contributed by atoms with van der Waals surface area (Å²) in [5.74, 6) is 5.44. The third-order valence-corrected chi connectivity index (χ3v) is 3.92. The van der Waals surface area contributed by atoms with Crippen LogP contribution in [0.1, 0.15) is 33.6 Å². The number of carbonyl (C=O) groups is 1. The lowest BCUT2D eigenvalue weighted by Crippen LogP contribution is -2.53. The van der Waals surface area contributed by atoms with E-state index < -0.39 is 0 Å². The molecule has 1 saturated heterocycles. The molecule has 1 fully saturated rings. The van der Waals surface area contributed by atoms with Crippen LogP contribution in [-0.4, -0.2) is 54.5 Å². The van der Waals surface area contributed by atoms with Crippen LogP contribution in [-0.2, 0) is 4.79 Å². The lowest BCUT2D eigenvalue weighted by molar-refractivity contribution is -0.127. The van der Waals surface area contributed by atoms with Gasteiger partial charge < -0.3 is 0 Å². The zero-order valence-corrected chi connectivity index (χ0v) is 12.1. The number of hydrazine groups is 1. The van der Waals surface area contributed by atoms with Crippen LogP contribution in [0.4, 0.5) is 0 Å². The molecule has 106 valence electrons. The van der Waals surface area contributed by atoms with E-state index in [9.17, 15) is 4.79 Å². The van der Waals surface area contributed by atoms with E-state index in [4.69, 9.17) is 5.84 Å². The highest BCUT2D eigenvalue weighted by Crippen LogP contribution is 2.19. The first kappa shape index (κ1) is 15.4. The van der Waals surface area contributed by atoms with Crippen LogP contribution in [0.5, 0.6) is 0 Å². The van der Waals surface area contributed by atoms with Gasteiger partial charge in [0, 0.05) is 12.6 Å². The Morgan fingerprint density at radius 3 is 2.72 bits per heavy atom. The fourth-order valence-corrected chi connectivity index (χ4v) is 3.06. The number of nitrogens with zero attached hydrogens (tertiary/aromatic N) is 2. The minimum atomic E-state index is -0.144. The number of amides is 1. The molecule has 0 radical (unpaired) electrons. The zero-order valence-electron chi connectivity index (χ0n) is 12.1. The van der Waals surface area contributed by atoms with Crippen LogP contribution >= 0.6 is 0 Å². The summed E-state index contributed by atoms with van der Waals surface area (Å²) < 4.78 is 0. The Morgan fingerprint density at radius 1 is 1.56 bits per heavy atom. The van der Waals surface area contributed by atoms with Crippen molar-refractivity contribution in [1.82, 2.24) is 15.2 Å². The molecule has 0 bridgehead atoms. The maximum atomic E-state index is 11.8. The second-order valence-corrected chi connectivity index (χ2v) is 5.56. The fourth-order valence-electron chi connectivity index (χ4n) is 3.06. The average Bonchev–Trinajstić information content (AvgIpc) is 2.75. The minimum Gasteiger partial charge on any atom is -0.299 e. The van der Waals surface area contributed by atoms with Gasteiger partial charge in [-0.3, -0.25) is 20.0 Å². The molecular weight excluding hydrogens is 228 g/mol. The standard InChI is InChI=1S/C13H28N4O/c1-5-17-8-6-7-11(17)9-16(4)12(10(2)3)13(18)15-14/h10-12H,5-9,14H2,1-4H3,(H,15,18). The predicted molar refractivity (Wildman–Crippen MR) is 73.9 cm³/mol. The van der Waals surface area contributed by atoms with Crippen molar-refractivity contribution in [1.29, 1.82) is 0 Å². The van der Waals surface area contributed by atoms with Crippen LogP contribution in [0.3, 0.4) is 0 Å². The van der Waals surface area contributed by atoms with Gasteiger partial charge in [0.1, 0.15) is 0 Å². The van der Waals surface area contributed by atoms with Gasteiger partial charge in [-0.15, -0.1) is 0 Å². The molecule has 1 aliphatic rings. The first-order valence-electron chi connectivity index (χ1n) is 6.96. The molecule has 0 spiro atoms. The molecular formula is C13H28N4O. The van der Waals surface area contributed by atoms with Crippen molar-refractivity contribution >= 4 is 5.91 Å². The molecule has 0 aliphatic carbocycles. The zero-order chi connectivity index (χ0) is 13.7. The average molecular weight is 256 g/mol. The molecule has 1 rings (SSSR count). The molecule has 5 nitrogen and oxygen atoms in total.